The maximum Gasteiger partial charge on any atom is 0.326 e. The molecule has 0 radical (unpaired) electrons. The third-order valence-corrected chi connectivity index (χ3v) is 4.23. The van der Waals surface area contributed by atoms with Gasteiger partial charge in [0.05, 0.1) is 15.7 Å². The van der Waals surface area contributed by atoms with E-state index in [1.165, 1.54) is 0 Å². The number of carbonyl (C=O) groups is 2. The molecular weight excluding hydrogens is 353 g/mol. The molecule has 0 bridgehead atoms. The van der Waals surface area contributed by atoms with Gasteiger partial charge in [-0.25, -0.2) is 9.48 Å². The number of nitrogens with one attached hydrogen (secondary N) is 1. The Bertz CT molecular complexity index is 787. The maximum atomic E-state index is 12.3. The van der Waals surface area contributed by atoms with E-state index in [1.54, 1.807) is 49.7 Å². The summed E-state index contributed by atoms with van der Waals surface area (Å²) in [6.45, 7) is 5.22. The molecule has 1 atom stereocenters. The van der Waals surface area contributed by atoms with E-state index in [0.29, 0.717) is 21.4 Å². The topological polar surface area (TPSA) is 84.2 Å². The fourth-order valence-corrected chi connectivity index (χ4v) is 2.48. The Morgan fingerprint density at radius 2 is 1.88 bits per heavy atom. The van der Waals surface area contributed by atoms with Crippen LogP contribution in [-0.2, 0) is 4.79 Å². The predicted octanol–water partition coefficient (Wildman–Crippen LogP) is 3.33. The van der Waals surface area contributed by atoms with Crippen molar-refractivity contribution in [1.82, 2.24) is 15.1 Å². The number of benzene rings is 1. The smallest absolute Gasteiger partial charge is 0.326 e. The molecule has 128 valence electrons. The van der Waals surface area contributed by atoms with Crippen LogP contribution >= 0.6 is 23.2 Å². The molecule has 0 aliphatic carbocycles. The minimum atomic E-state index is -1.08. The summed E-state index contributed by atoms with van der Waals surface area (Å²) >= 11 is 11.9. The number of nitrogens with zero attached hydrogens (tertiary/aromatic N) is 2. The van der Waals surface area contributed by atoms with Gasteiger partial charge in [0.25, 0.3) is 5.91 Å². The standard InChI is InChI=1S/C16H17Cl2N3O3/c1-8(2)14(16(23)24)19-15(22)13-6-9(3)21(20-13)10-4-5-11(17)12(18)7-10/h4-8,14H,1-3H3,(H,19,22)(H,23,24). The second-order valence-corrected chi connectivity index (χ2v) is 6.53. The molecule has 6 nitrogen and oxygen atoms in total. The minimum absolute atomic E-state index is 0.130. The predicted molar refractivity (Wildman–Crippen MR) is 92.0 cm³/mol. The van der Waals surface area contributed by atoms with E-state index < -0.39 is 17.9 Å². The first-order valence-electron chi connectivity index (χ1n) is 7.26. The van der Waals surface area contributed by atoms with Crippen molar-refractivity contribution >= 4 is 35.1 Å². The molecule has 0 fully saturated rings. The van der Waals surface area contributed by atoms with Gasteiger partial charge in [0, 0.05) is 5.69 Å². The van der Waals surface area contributed by atoms with E-state index in [2.05, 4.69) is 10.4 Å². The average Bonchev–Trinajstić information content (AvgIpc) is 2.88. The van der Waals surface area contributed by atoms with Crippen LogP contribution in [0.25, 0.3) is 5.69 Å². The first-order chi connectivity index (χ1) is 11.2. The normalized spacial score (nSPS) is 12.2. The summed E-state index contributed by atoms with van der Waals surface area (Å²) in [7, 11) is 0. The zero-order valence-electron chi connectivity index (χ0n) is 13.4. The van der Waals surface area contributed by atoms with Gasteiger partial charge in [-0.05, 0) is 37.1 Å². The summed E-state index contributed by atoms with van der Waals surface area (Å²) in [4.78, 5) is 23.5. The van der Waals surface area contributed by atoms with E-state index in [9.17, 15) is 9.59 Å². The van der Waals surface area contributed by atoms with Gasteiger partial charge in [-0.2, -0.15) is 5.10 Å². The number of hydrogen-bond acceptors (Lipinski definition) is 3. The number of carbonyl (C=O) groups excluding carboxylic acids is 1. The van der Waals surface area contributed by atoms with Crippen molar-refractivity contribution in [3.63, 3.8) is 0 Å². The fourth-order valence-electron chi connectivity index (χ4n) is 2.19. The molecule has 1 heterocycles. The average molecular weight is 370 g/mol. The zero-order valence-corrected chi connectivity index (χ0v) is 14.9. The molecule has 0 saturated heterocycles. The lowest BCUT2D eigenvalue weighted by atomic mass is 10.0. The number of aliphatic carboxylic acids is 1. The molecular formula is C16H17Cl2N3O3. The number of halogens is 2. The quantitative estimate of drug-likeness (QED) is 0.846. The fraction of sp³-hybridized carbons (Fsp3) is 0.312. The third-order valence-electron chi connectivity index (χ3n) is 3.49. The zero-order chi connectivity index (χ0) is 18.0. The Kier molecular flexibility index (Phi) is 5.51. The molecule has 1 aromatic carbocycles. The number of amides is 1. The van der Waals surface area contributed by atoms with Crippen LogP contribution in [0.4, 0.5) is 0 Å². The molecule has 2 rings (SSSR count). The van der Waals surface area contributed by atoms with Crippen LogP contribution < -0.4 is 5.32 Å². The van der Waals surface area contributed by atoms with Crippen LogP contribution in [0.15, 0.2) is 24.3 Å². The van der Waals surface area contributed by atoms with Crippen molar-refractivity contribution in [3.8, 4) is 5.69 Å². The van der Waals surface area contributed by atoms with E-state index in [-0.39, 0.29) is 11.6 Å². The lowest BCUT2D eigenvalue weighted by Gasteiger charge is -2.16. The number of hydrogen-bond donors (Lipinski definition) is 2. The highest BCUT2D eigenvalue weighted by molar-refractivity contribution is 6.42. The lowest BCUT2D eigenvalue weighted by Crippen LogP contribution is -2.44. The van der Waals surface area contributed by atoms with Crippen LogP contribution in [0.5, 0.6) is 0 Å². The number of aromatic nitrogens is 2. The van der Waals surface area contributed by atoms with Crippen molar-refractivity contribution in [2.24, 2.45) is 5.92 Å². The van der Waals surface area contributed by atoms with Crippen molar-refractivity contribution in [2.75, 3.05) is 0 Å². The molecule has 0 saturated carbocycles. The Labute approximate surface area is 149 Å². The minimum Gasteiger partial charge on any atom is -0.480 e. The van der Waals surface area contributed by atoms with Crippen molar-refractivity contribution in [1.29, 1.82) is 0 Å². The van der Waals surface area contributed by atoms with Gasteiger partial charge < -0.3 is 10.4 Å². The van der Waals surface area contributed by atoms with Crippen molar-refractivity contribution in [2.45, 2.75) is 26.8 Å². The molecule has 24 heavy (non-hydrogen) atoms. The Hall–Kier alpha value is -2.05. The number of rotatable bonds is 5. The maximum absolute atomic E-state index is 12.3. The Morgan fingerprint density at radius 3 is 2.42 bits per heavy atom. The second kappa shape index (κ2) is 7.23. The van der Waals surface area contributed by atoms with E-state index in [4.69, 9.17) is 28.3 Å². The highest BCUT2D eigenvalue weighted by atomic mass is 35.5. The number of carboxylic acid groups (broad SMARTS) is 1. The molecule has 8 heteroatoms. The van der Waals surface area contributed by atoms with E-state index >= 15 is 0 Å². The first-order valence-corrected chi connectivity index (χ1v) is 8.02. The van der Waals surface area contributed by atoms with Crippen LogP contribution in [0.2, 0.25) is 10.0 Å². The van der Waals surface area contributed by atoms with Gasteiger partial charge in [0.2, 0.25) is 0 Å². The summed E-state index contributed by atoms with van der Waals surface area (Å²) in [5, 5.41) is 16.7. The third kappa shape index (κ3) is 3.88. The van der Waals surface area contributed by atoms with Gasteiger partial charge in [-0.3, -0.25) is 4.79 Å². The van der Waals surface area contributed by atoms with Gasteiger partial charge >= 0.3 is 5.97 Å². The van der Waals surface area contributed by atoms with Gasteiger partial charge in [0.15, 0.2) is 5.69 Å². The molecule has 1 unspecified atom stereocenters. The summed E-state index contributed by atoms with van der Waals surface area (Å²) in [6.07, 6.45) is 0. The van der Waals surface area contributed by atoms with Crippen LogP contribution in [0.3, 0.4) is 0 Å². The molecule has 1 aromatic heterocycles. The second-order valence-electron chi connectivity index (χ2n) is 5.71. The largest absolute Gasteiger partial charge is 0.480 e. The van der Waals surface area contributed by atoms with Crippen LogP contribution in [-0.4, -0.2) is 32.8 Å². The highest BCUT2D eigenvalue weighted by Crippen LogP contribution is 2.25. The molecule has 0 aliphatic heterocycles. The van der Waals surface area contributed by atoms with Crippen molar-refractivity contribution in [3.05, 3.63) is 45.7 Å². The summed E-state index contributed by atoms with van der Waals surface area (Å²) < 4.78 is 1.54. The SMILES string of the molecule is Cc1cc(C(=O)NC(C(=O)O)C(C)C)nn1-c1ccc(Cl)c(Cl)c1. The molecule has 1 amide bonds. The van der Waals surface area contributed by atoms with Gasteiger partial charge in [-0.15, -0.1) is 0 Å². The Morgan fingerprint density at radius 1 is 1.21 bits per heavy atom. The Balaban J connectivity index is 2.29. The molecule has 2 aromatic rings. The van der Waals surface area contributed by atoms with Gasteiger partial charge in [-0.1, -0.05) is 37.0 Å². The van der Waals surface area contributed by atoms with E-state index in [1.807, 2.05) is 0 Å². The molecule has 2 N–H and O–H groups in total. The van der Waals surface area contributed by atoms with Crippen LogP contribution in [0, 0.1) is 12.8 Å². The lowest BCUT2D eigenvalue weighted by molar-refractivity contribution is -0.140. The van der Waals surface area contributed by atoms with E-state index in [0.717, 1.165) is 0 Å². The number of aryl methyl sites for hydroxylation is 1. The summed E-state index contributed by atoms with van der Waals surface area (Å²) in [5.74, 6) is -1.87. The molecule has 0 spiro atoms. The summed E-state index contributed by atoms with van der Waals surface area (Å²) in [5.41, 5.74) is 1.49. The highest BCUT2D eigenvalue weighted by Gasteiger charge is 2.25. The van der Waals surface area contributed by atoms with Crippen molar-refractivity contribution < 1.29 is 14.7 Å². The number of carboxylic acids is 1. The van der Waals surface area contributed by atoms with Crippen LogP contribution in [0.1, 0.15) is 30.0 Å². The van der Waals surface area contributed by atoms with Gasteiger partial charge in [0.1, 0.15) is 6.04 Å². The summed E-state index contributed by atoms with van der Waals surface area (Å²) in [6, 6.07) is 5.60. The first kappa shape index (κ1) is 18.3. The molecule has 0 aliphatic rings. The monoisotopic (exact) mass is 369 g/mol.